The van der Waals surface area contributed by atoms with Crippen LogP contribution in [0.25, 0.3) is 10.9 Å². The highest BCUT2D eigenvalue weighted by Gasteiger charge is 2.07. The van der Waals surface area contributed by atoms with Crippen LogP contribution in [0.2, 0.25) is 5.28 Å². The average molecular weight is 237 g/mol. The molecular formula is C11H13ClN4. The van der Waals surface area contributed by atoms with Gasteiger partial charge in [0.1, 0.15) is 5.82 Å². The fourth-order valence-electron chi connectivity index (χ4n) is 1.50. The van der Waals surface area contributed by atoms with Crippen LogP contribution in [0.3, 0.4) is 0 Å². The Hall–Kier alpha value is -1.55. The number of nitrogens with two attached hydrogens (primary N) is 1. The van der Waals surface area contributed by atoms with Gasteiger partial charge in [0.2, 0.25) is 5.28 Å². The topological polar surface area (TPSA) is 63.8 Å². The van der Waals surface area contributed by atoms with Gasteiger partial charge in [0.25, 0.3) is 0 Å². The highest BCUT2D eigenvalue weighted by atomic mass is 35.5. The van der Waals surface area contributed by atoms with Crippen LogP contribution in [0.4, 0.5) is 11.5 Å². The smallest absolute Gasteiger partial charge is 0.224 e. The van der Waals surface area contributed by atoms with Gasteiger partial charge >= 0.3 is 0 Å². The lowest BCUT2D eigenvalue weighted by molar-refractivity contribution is 0.890. The molecule has 0 aliphatic carbocycles. The fraction of sp³-hybridized carbons (Fsp3) is 0.273. The molecule has 0 fully saturated rings. The van der Waals surface area contributed by atoms with E-state index in [-0.39, 0.29) is 11.3 Å². The molecule has 1 heterocycles. The number of hydrogen-bond donors (Lipinski definition) is 2. The minimum atomic E-state index is 0.237. The van der Waals surface area contributed by atoms with Crippen molar-refractivity contribution in [2.75, 3.05) is 11.1 Å². The molecule has 0 bridgehead atoms. The Morgan fingerprint density at radius 3 is 2.75 bits per heavy atom. The maximum atomic E-state index is 5.85. The summed E-state index contributed by atoms with van der Waals surface area (Å²) < 4.78 is 0. The van der Waals surface area contributed by atoms with E-state index in [1.807, 2.05) is 26.0 Å². The van der Waals surface area contributed by atoms with Gasteiger partial charge in [0, 0.05) is 17.1 Å². The third-order valence-corrected chi connectivity index (χ3v) is 2.29. The Labute approximate surface area is 98.8 Å². The predicted molar refractivity (Wildman–Crippen MR) is 67.7 cm³/mol. The molecule has 0 radical (unpaired) electrons. The number of halogens is 1. The Morgan fingerprint density at radius 2 is 2.06 bits per heavy atom. The van der Waals surface area contributed by atoms with Crippen LogP contribution in [0.5, 0.6) is 0 Å². The van der Waals surface area contributed by atoms with Crippen molar-refractivity contribution in [1.82, 2.24) is 9.97 Å². The largest absolute Gasteiger partial charge is 0.399 e. The first-order valence-corrected chi connectivity index (χ1v) is 5.43. The van der Waals surface area contributed by atoms with Crippen molar-refractivity contribution in [2.24, 2.45) is 0 Å². The van der Waals surface area contributed by atoms with Crippen LogP contribution in [-0.2, 0) is 0 Å². The molecule has 5 heteroatoms. The fourth-order valence-corrected chi connectivity index (χ4v) is 1.68. The van der Waals surface area contributed by atoms with Crippen LogP contribution in [0.1, 0.15) is 13.8 Å². The number of aromatic nitrogens is 2. The molecule has 1 aromatic carbocycles. The highest BCUT2D eigenvalue weighted by molar-refractivity contribution is 6.28. The summed E-state index contributed by atoms with van der Waals surface area (Å²) in [5.74, 6) is 0.720. The van der Waals surface area contributed by atoms with E-state index in [0.717, 1.165) is 16.7 Å². The van der Waals surface area contributed by atoms with Gasteiger partial charge in [-0.05, 0) is 43.6 Å². The molecule has 2 rings (SSSR count). The number of hydrogen-bond acceptors (Lipinski definition) is 4. The number of nitrogens with zero attached hydrogens (tertiary/aromatic N) is 2. The monoisotopic (exact) mass is 236 g/mol. The average Bonchev–Trinajstić information content (AvgIpc) is 2.18. The van der Waals surface area contributed by atoms with Crippen molar-refractivity contribution in [3.8, 4) is 0 Å². The Bertz CT molecular complexity index is 525. The maximum Gasteiger partial charge on any atom is 0.224 e. The first-order chi connectivity index (χ1) is 7.56. The second-order valence-electron chi connectivity index (χ2n) is 3.92. The molecule has 0 amide bonds. The summed E-state index contributed by atoms with van der Waals surface area (Å²) in [4.78, 5) is 8.31. The lowest BCUT2D eigenvalue weighted by atomic mass is 10.2. The molecule has 0 aliphatic rings. The lowest BCUT2D eigenvalue weighted by Gasteiger charge is -2.11. The summed E-state index contributed by atoms with van der Waals surface area (Å²) in [6, 6.07) is 5.75. The van der Waals surface area contributed by atoms with E-state index in [0.29, 0.717) is 5.69 Å². The molecule has 84 valence electrons. The van der Waals surface area contributed by atoms with Gasteiger partial charge in [-0.2, -0.15) is 0 Å². The Balaban J connectivity index is 2.64. The van der Waals surface area contributed by atoms with E-state index in [4.69, 9.17) is 17.3 Å². The van der Waals surface area contributed by atoms with Crippen molar-refractivity contribution in [2.45, 2.75) is 19.9 Å². The molecule has 0 saturated heterocycles. The van der Waals surface area contributed by atoms with E-state index in [9.17, 15) is 0 Å². The molecule has 16 heavy (non-hydrogen) atoms. The molecule has 2 aromatic rings. The van der Waals surface area contributed by atoms with Crippen LogP contribution in [0, 0.1) is 0 Å². The zero-order valence-corrected chi connectivity index (χ0v) is 9.92. The van der Waals surface area contributed by atoms with Gasteiger partial charge in [0.05, 0.1) is 5.52 Å². The minimum Gasteiger partial charge on any atom is -0.399 e. The van der Waals surface area contributed by atoms with Gasteiger partial charge in [-0.25, -0.2) is 9.97 Å². The molecule has 0 atom stereocenters. The maximum absolute atomic E-state index is 5.85. The van der Waals surface area contributed by atoms with Crippen LogP contribution < -0.4 is 11.1 Å². The second kappa shape index (κ2) is 4.14. The number of rotatable bonds is 2. The molecule has 0 aliphatic heterocycles. The Kier molecular flexibility index (Phi) is 2.83. The van der Waals surface area contributed by atoms with Gasteiger partial charge in [0.15, 0.2) is 0 Å². The summed E-state index contributed by atoms with van der Waals surface area (Å²) >= 11 is 5.85. The summed E-state index contributed by atoms with van der Waals surface area (Å²) in [7, 11) is 0. The standard InChI is InChI=1S/C11H13ClN4/c1-6(2)14-10-8-5-7(13)3-4-9(8)15-11(12)16-10/h3-6H,13H2,1-2H3,(H,14,15,16). The first kappa shape index (κ1) is 11.0. The zero-order valence-electron chi connectivity index (χ0n) is 9.16. The van der Waals surface area contributed by atoms with Crippen LogP contribution >= 0.6 is 11.6 Å². The second-order valence-corrected chi connectivity index (χ2v) is 4.25. The van der Waals surface area contributed by atoms with Crippen molar-refractivity contribution in [3.05, 3.63) is 23.5 Å². The third kappa shape index (κ3) is 2.17. The highest BCUT2D eigenvalue weighted by Crippen LogP contribution is 2.24. The van der Waals surface area contributed by atoms with Crippen molar-refractivity contribution >= 4 is 34.0 Å². The van der Waals surface area contributed by atoms with Crippen LogP contribution in [0.15, 0.2) is 18.2 Å². The SMILES string of the molecule is CC(C)Nc1nc(Cl)nc2ccc(N)cc12. The number of nitrogens with one attached hydrogen (secondary N) is 1. The lowest BCUT2D eigenvalue weighted by Crippen LogP contribution is -2.12. The summed E-state index contributed by atoms with van der Waals surface area (Å²) in [6.07, 6.45) is 0. The van der Waals surface area contributed by atoms with Gasteiger partial charge in [-0.1, -0.05) is 0 Å². The molecule has 0 unspecified atom stereocenters. The normalized spacial score (nSPS) is 11.0. The van der Waals surface area contributed by atoms with Gasteiger partial charge in [-0.3, -0.25) is 0 Å². The molecule has 4 nitrogen and oxygen atoms in total. The number of nitrogen functional groups attached to an aromatic ring is 1. The predicted octanol–water partition coefficient (Wildman–Crippen LogP) is 2.69. The molecule has 3 N–H and O–H groups in total. The van der Waals surface area contributed by atoms with Gasteiger partial charge in [-0.15, -0.1) is 0 Å². The summed E-state index contributed by atoms with van der Waals surface area (Å²) in [6.45, 7) is 4.07. The quantitative estimate of drug-likeness (QED) is 0.622. The Morgan fingerprint density at radius 1 is 1.31 bits per heavy atom. The molecule has 1 aromatic heterocycles. The van der Waals surface area contributed by atoms with Gasteiger partial charge < -0.3 is 11.1 Å². The first-order valence-electron chi connectivity index (χ1n) is 5.05. The van der Waals surface area contributed by atoms with Crippen LogP contribution in [-0.4, -0.2) is 16.0 Å². The number of benzene rings is 1. The van der Waals surface area contributed by atoms with Crippen molar-refractivity contribution in [3.63, 3.8) is 0 Å². The molecule has 0 spiro atoms. The van der Waals surface area contributed by atoms with E-state index in [1.165, 1.54) is 0 Å². The third-order valence-electron chi connectivity index (χ3n) is 2.12. The zero-order chi connectivity index (χ0) is 11.7. The van der Waals surface area contributed by atoms with E-state index in [1.54, 1.807) is 6.07 Å². The van der Waals surface area contributed by atoms with Crippen molar-refractivity contribution in [1.29, 1.82) is 0 Å². The number of anilines is 2. The summed E-state index contributed by atoms with van der Waals surface area (Å²) in [5, 5.41) is 4.35. The number of fused-ring (bicyclic) bond motifs is 1. The van der Waals surface area contributed by atoms with E-state index >= 15 is 0 Å². The van der Waals surface area contributed by atoms with Crippen molar-refractivity contribution < 1.29 is 0 Å². The molecule has 0 saturated carbocycles. The minimum absolute atomic E-state index is 0.237. The summed E-state index contributed by atoms with van der Waals surface area (Å²) in [5.41, 5.74) is 7.22. The molecular weight excluding hydrogens is 224 g/mol. The van der Waals surface area contributed by atoms with E-state index in [2.05, 4.69) is 15.3 Å². The van der Waals surface area contributed by atoms with E-state index < -0.39 is 0 Å².